The van der Waals surface area contributed by atoms with Crippen molar-refractivity contribution < 1.29 is 19.0 Å². The molecule has 1 aliphatic heterocycles. The molecule has 5 nitrogen and oxygen atoms in total. The van der Waals surface area contributed by atoms with Gasteiger partial charge in [0.25, 0.3) is 0 Å². The SMILES string of the molecule is Cc1c(C(=O)O)cn(C(C)C2CCCN2)c1-c1ccc(F)cc1OCc1ccccc1. The van der Waals surface area contributed by atoms with Gasteiger partial charge in [0, 0.05) is 29.9 Å². The Labute approximate surface area is 181 Å². The van der Waals surface area contributed by atoms with E-state index in [2.05, 4.69) is 12.2 Å². The van der Waals surface area contributed by atoms with Gasteiger partial charge in [0.1, 0.15) is 18.2 Å². The Morgan fingerprint density at radius 2 is 2.06 bits per heavy atom. The Hall–Kier alpha value is -3.12. The quantitative estimate of drug-likeness (QED) is 0.550. The van der Waals surface area contributed by atoms with Crippen LogP contribution < -0.4 is 10.1 Å². The van der Waals surface area contributed by atoms with Crippen molar-refractivity contribution in [3.63, 3.8) is 0 Å². The molecule has 0 spiro atoms. The predicted octanol–water partition coefficient (Wildman–Crippen LogP) is 5.19. The monoisotopic (exact) mass is 422 g/mol. The summed E-state index contributed by atoms with van der Waals surface area (Å²) in [6.07, 6.45) is 3.82. The van der Waals surface area contributed by atoms with Crippen LogP contribution in [0, 0.1) is 12.7 Å². The molecule has 2 unspecified atom stereocenters. The van der Waals surface area contributed by atoms with Gasteiger partial charge in [-0.2, -0.15) is 0 Å². The number of carboxylic acids is 1. The maximum Gasteiger partial charge on any atom is 0.337 e. The Morgan fingerprint density at radius 1 is 1.29 bits per heavy atom. The highest BCUT2D eigenvalue weighted by molar-refractivity contribution is 5.92. The third-order valence-corrected chi connectivity index (χ3v) is 6.07. The second kappa shape index (κ2) is 8.94. The highest BCUT2D eigenvalue weighted by Gasteiger charge is 2.28. The van der Waals surface area contributed by atoms with Gasteiger partial charge in [0.2, 0.25) is 0 Å². The first-order valence-electron chi connectivity index (χ1n) is 10.6. The van der Waals surface area contributed by atoms with E-state index in [1.165, 1.54) is 12.1 Å². The van der Waals surface area contributed by atoms with Gasteiger partial charge in [-0.3, -0.25) is 0 Å². The summed E-state index contributed by atoms with van der Waals surface area (Å²) in [7, 11) is 0. The van der Waals surface area contributed by atoms with Crippen LogP contribution in [-0.2, 0) is 6.61 Å². The highest BCUT2D eigenvalue weighted by Crippen LogP contribution is 2.38. The number of hydrogen-bond donors (Lipinski definition) is 2. The smallest absolute Gasteiger partial charge is 0.337 e. The average Bonchev–Trinajstić information content (AvgIpc) is 3.41. The molecule has 0 radical (unpaired) electrons. The molecule has 2 aromatic carbocycles. The number of aromatic carboxylic acids is 1. The molecule has 0 aliphatic carbocycles. The Kier molecular flexibility index (Phi) is 6.09. The first-order valence-corrected chi connectivity index (χ1v) is 10.6. The molecule has 0 saturated carbocycles. The number of nitrogens with one attached hydrogen (secondary N) is 1. The van der Waals surface area contributed by atoms with Gasteiger partial charge < -0.3 is 19.7 Å². The number of aromatic nitrogens is 1. The number of rotatable bonds is 7. The topological polar surface area (TPSA) is 63.5 Å². The van der Waals surface area contributed by atoms with Crippen molar-refractivity contribution in [2.45, 2.75) is 45.4 Å². The first-order chi connectivity index (χ1) is 15.0. The minimum Gasteiger partial charge on any atom is -0.488 e. The molecule has 0 amide bonds. The van der Waals surface area contributed by atoms with Crippen molar-refractivity contribution in [3.05, 3.63) is 77.2 Å². The minimum absolute atomic E-state index is 0.0383. The summed E-state index contributed by atoms with van der Waals surface area (Å²) >= 11 is 0. The molecule has 1 aromatic heterocycles. The molecule has 1 aliphatic rings. The van der Waals surface area contributed by atoms with E-state index < -0.39 is 11.8 Å². The summed E-state index contributed by atoms with van der Waals surface area (Å²) in [5.74, 6) is -0.973. The molecule has 31 heavy (non-hydrogen) atoms. The first kappa shape index (κ1) is 21.1. The van der Waals surface area contributed by atoms with E-state index in [0.29, 0.717) is 23.5 Å². The van der Waals surface area contributed by atoms with Crippen molar-refractivity contribution in [2.24, 2.45) is 0 Å². The molecular weight excluding hydrogens is 395 g/mol. The van der Waals surface area contributed by atoms with Crippen LogP contribution in [0.1, 0.15) is 47.3 Å². The largest absolute Gasteiger partial charge is 0.488 e. The molecule has 0 bridgehead atoms. The molecule has 2 N–H and O–H groups in total. The highest BCUT2D eigenvalue weighted by atomic mass is 19.1. The van der Waals surface area contributed by atoms with Crippen LogP contribution in [-0.4, -0.2) is 28.2 Å². The molecule has 6 heteroatoms. The summed E-state index contributed by atoms with van der Waals surface area (Å²) < 4.78 is 22.2. The summed E-state index contributed by atoms with van der Waals surface area (Å²) in [6.45, 7) is 5.14. The van der Waals surface area contributed by atoms with E-state index in [4.69, 9.17) is 4.74 Å². The van der Waals surface area contributed by atoms with E-state index in [1.54, 1.807) is 19.2 Å². The lowest BCUT2D eigenvalue weighted by molar-refractivity contribution is 0.0696. The van der Waals surface area contributed by atoms with Crippen molar-refractivity contribution in [2.75, 3.05) is 6.54 Å². The van der Waals surface area contributed by atoms with Crippen LogP contribution in [0.4, 0.5) is 4.39 Å². The van der Waals surface area contributed by atoms with E-state index in [9.17, 15) is 14.3 Å². The lowest BCUT2D eigenvalue weighted by atomic mass is 10.0. The minimum atomic E-state index is -0.974. The molecule has 4 rings (SSSR count). The summed E-state index contributed by atoms with van der Waals surface area (Å²) in [5, 5.41) is 13.2. The van der Waals surface area contributed by atoms with Gasteiger partial charge in [-0.15, -0.1) is 0 Å². The fraction of sp³-hybridized carbons (Fsp3) is 0.320. The van der Waals surface area contributed by atoms with Crippen LogP contribution in [0.5, 0.6) is 5.75 Å². The fourth-order valence-electron chi connectivity index (χ4n) is 4.36. The standard InChI is InChI=1S/C25H27FN2O3/c1-16-21(25(29)30)14-28(17(2)22-9-6-12-27-22)24(16)20-11-10-19(26)13-23(20)31-15-18-7-4-3-5-8-18/h3-5,7-8,10-11,13-14,17,22,27H,6,9,12,15H2,1-2H3,(H,29,30). The molecule has 162 valence electrons. The molecule has 2 heterocycles. The lowest BCUT2D eigenvalue weighted by Crippen LogP contribution is -2.30. The van der Waals surface area contributed by atoms with Gasteiger partial charge in [-0.05, 0) is 56.5 Å². The Bertz CT molecular complexity index is 1070. The lowest BCUT2D eigenvalue weighted by Gasteiger charge is -2.25. The van der Waals surface area contributed by atoms with Gasteiger partial charge in [0.15, 0.2) is 0 Å². The van der Waals surface area contributed by atoms with Gasteiger partial charge >= 0.3 is 5.97 Å². The number of hydrogen-bond acceptors (Lipinski definition) is 3. The second-order valence-corrected chi connectivity index (χ2v) is 8.09. The van der Waals surface area contributed by atoms with Crippen LogP contribution in [0.3, 0.4) is 0 Å². The number of carboxylic acid groups (broad SMARTS) is 1. The van der Waals surface area contributed by atoms with Gasteiger partial charge in [-0.1, -0.05) is 30.3 Å². The molecule has 2 atom stereocenters. The molecule has 1 saturated heterocycles. The van der Waals surface area contributed by atoms with Crippen molar-refractivity contribution >= 4 is 5.97 Å². The van der Waals surface area contributed by atoms with E-state index >= 15 is 0 Å². The van der Waals surface area contributed by atoms with E-state index in [-0.39, 0.29) is 17.6 Å². The summed E-state index contributed by atoms with van der Waals surface area (Å²) in [4.78, 5) is 11.9. The van der Waals surface area contributed by atoms with Crippen molar-refractivity contribution in [1.29, 1.82) is 0 Å². The third kappa shape index (κ3) is 4.35. The zero-order valence-electron chi connectivity index (χ0n) is 17.8. The molecule has 1 fully saturated rings. The third-order valence-electron chi connectivity index (χ3n) is 6.07. The normalized spacial score (nSPS) is 16.9. The average molecular weight is 423 g/mol. The van der Waals surface area contributed by atoms with Crippen LogP contribution in [0.25, 0.3) is 11.3 Å². The maximum atomic E-state index is 14.1. The van der Waals surface area contributed by atoms with E-state index in [0.717, 1.165) is 30.6 Å². The Morgan fingerprint density at radius 3 is 2.74 bits per heavy atom. The maximum absolute atomic E-state index is 14.1. The van der Waals surface area contributed by atoms with E-state index in [1.807, 2.05) is 34.9 Å². The van der Waals surface area contributed by atoms with Crippen molar-refractivity contribution in [1.82, 2.24) is 9.88 Å². The van der Waals surface area contributed by atoms with Crippen molar-refractivity contribution in [3.8, 4) is 17.0 Å². The predicted molar refractivity (Wildman–Crippen MR) is 118 cm³/mol. The van der Waals surface area contributed by atoms with Crippen LogP contribution >= 0.6 is 0 Å². The number of carbonyl (C=O) groups is 1. The van der Waals surface area contributed by atoms with Gasteiger partial charge in [-0.25, -0.2) is 9.18 Å². The molecular formula is C25H27FN2O3. The number of halogens is 1. The number of benzene rings is 2. The number of nitrogens with zero attached hydrogens (tertiary/aromatic N) is 1. The summed E-state index contributed by atoms with van der Waals surface area (Å²) in [6, 6.07) is 14.4. The van der Waals surface area contributed by atoms with Crippen LogP contribution in [0.15, 0.2) is 54.7 Å². The zero-order chi connectivity index (χ0) is 22.0. The second-order valence-electron chi connectivity index (χ2n) is 8.09. The van der Waals surface area contributed by atoms with Crippen LogP contribution in [0.2, 0.25) is 0 Å². The molecule has 3 aromatic rings. The Balaban J connectivity index is 1.78. The van der Waals surface area contributed by atoms with Gasteiger partial charge in [0.05, 0.1) is 11.3 Å². The fourth-order valence-corrected chi connectivity index (χ4v) is 4.36. The zero-order valence-corrected chi connectivity index (χ0v) is 17.8. The summed E-state index contributed by atoms with van der Waals surface area (Å²) in [5.41, 5.74) is 3.31. The number of ether oxygens (including phenoxy) is 1.